The van der Waals surface area contributed by atoms with Gasteiger partial charge in [0.25, 0.3) is 0 Å². The van der Waals surface area contributed by atoms with Crippen LogP contribution >= 0.6 is 12.4 Å². The average Bonchev–Trinajstić information content (AvgIpc) is 2.48. The summed E-state index contributed by atoms with van der Waals surface area (Å²) in [7, 11) is 1.44. The normalized spacial score (nSPS) is 17.4. The van der Waals surface area contributed by atoms with Crippen LogP contribution in [-0.4, -0.2) is 44.4 Å². The number of benzene rings is 1. The van der Waals surface area contributed by atoms with E-state index in [-0.39, 0.29) is 18.8 Å². The highest BCUT2D eigenvalue weighted by Gasteiger charge is 2.32. The van der Waals surface area contributed by atoms with Gasteiger partial charge >= 0.3 is 6.18 Å². The third-order valence-corrected chi connectivity index (χ3v) is 3.84. The Morgan fingerprint density at radius 1 is 1.26 bits per heavy atom. The smallest absolute Gasteiger partial charge is 0.389 e. The highest BCUT2D eigenvalue weighted by atomic mass is 35.5. The van der Waals surface area contributed by atoms with Crippen molar-refractivity contribution in [1.29, 1.82) is 0 Å². The van der Waals surface area contributed by atoms with Crippen LogP contribution in [0.15, 0.2) is 18.2 Å². The molecule has 1 atom stereocenters. The summed E-state index contributed by atoms with van der Waals surface area (Å²) in [5.41, 5.74) is 0.480. The summed E-state index contributed by atoms with van der Waals surface area (Å²) >= 11 is 0. The summed E-state index contributed by atoms with van der Waals surface area (Å²) in [5, 5.41) is 3.16. The minimum atomic E-state index is -4.23. The largest absolute Gasteiger partial charge is 0.496 e. The fourth-order valence-corrected chi connectivity index (χ4v) is 2.79. The fourth-order valence-electron chi connectivity index (χ4n) is 2.79. The van der Waals surface area contributed by atoms with Gasteiger partial charge in [-0.05, 0) is 24.6 Å². The zero-order chi connectivity index (χ0) is 16.2. The van der Waals surface area contributed by atoms with E-state index in [2.05, 4.69) is 5.32 Å². The summed E-state index contributed by atoms with van der Waals surface area (Å²) in [4.78, 5) is 1.96. The van der Waals surface area contributed by atoms with Gasteiger partial charge in [-0.2, -0.15) is 13.2 Å². The number of methoxy groups -OCH3 is 1. The first kappa shape index (κ1) is 20.0. The van der Waals surface area contributed by atoms with E-state index >= 15 is 0 Å². The van der Waals surface area contributed by atoms with Crippen molar-refractivity contribution in [1.82, 2.24) is 10.2 Å². The number of piperazine rings is 1. The molecule has 0 spiro atoms. The van der Waals surface area contributed by atoms with E-state index in [1.807, 2.05) is 4.90 Å². The van der Waals surface area contributed by atoms with E-state index in [1.54, 1.807) is 0 Å². The topological polar surface area (TPSA) is 24.5 Å². The molecule has 0 aliphatic carbocycles. The third kappa shape index (κ3) is 5.82. The molecule has 1 N–H and O–H groups in total. The predicted molar refractivity (Wildman–Crippen MR) is 82.7 cm³/mol. The van der Waals surface area contributed by atoms with Crippen molar-refractivity contribution in [3.63, 3.8) is 0 Å². The Balaban J connectivity index is 0.00000264. The first-order valence-electron chi connectivity index (χ1n) is 7.25. The molecular weight excluding hydrogens is 336 g/mol. The third-order valence-electron chi connectivity index (χ3n) is 3.84. The van der Waals surface area contributed by atoms with Crippen molar-refractivity contribution in [2.75, 3.05) is 33.3 Å². The first-order chi connectivity index (χ1) is 10.4. The standard InChI is InChI=1S/C15H20F4N2O.ClH/c1-22-14-3-2-11(16)10-12(14)13(4-5-15(17,18)19)21-8-6-20-7-9-21;/h2-3,10,13,20H,4-9H2,1H3;1H/t13-;/m1./s1. The van der Waals surface area contributed by atoms with Gasteiger partial charge in [-0.15, -0.1) is 12.4 Å². The monoisotopic (exact) mass is 356 g/mol. The Bertz CT molecular complexity index is 493. The van der Waals surface area contributed by atoms with Crippen LogP contribution in [0.3, 0.4) is 0 Å². The van der Waals surface area contributed by atoms with Crippen LogP contribution in [0, 0.1) is 5.82 Å². The number of hydrogen-bond acceptors (Lipinski definition) is 3. The molecule has 0 unspecified atom stereocenters. The number of rotatable bonds is 5. The lowest BCUT2D eigenvalue weighted by Crippen LogP contribution is -2.45. The highest BCUT2D eigenvalue weighted by Crippen LogP contribution is 2.36. The minimum absolute atomic E-state index is 0. The molecule has 8 heteroatoms. The van der Waals surface area contributed by atoms with Gasteiger partial charge in [-0.25, -0.2) is 4.39 Å². The molecule has 1 aliphatic heterocycles. The van der Waals surface area contributed by atoms with Crippen LogP contribution in [-0.2, 0) is 0 Å². The zero-order valence-electron chi connectivity index (χ0n) is 12.8. The Morgan fingerprint density at radius 2 is 1.91 bits per heavy atom. The van der Waals surface area contributed by atoms with E-state index in [1.165, 1.54) is 25.3 Å². The van der Waals surface area contributed by atoms with E-state index in [0.717, 1.165) is 0 Å². The molecule has 0 amide bonds. The van der Waals surface area contributed by atoms with Crippen molar-refractivity contribution in [3.05, 3.63) is 29.6 Å². The van der Waals surface area contributed by atoms with Crippen molar-refractivity contribution < 1.29 is 22.3 Å². The molecular formula is C15H21ClF4N2O. The maximum absolute atomic E-state index is 13.6. The van der Waals surface area contributed by atoms with Gasteiger partial charge in [0.05, 0.1) is 7.11 Å². The van der Waals surface area contributed by atoms with E-state index < -0.39 is 24.5 Å². The second-order valence-corrected chi connectivity index (χ2v) is 5.34. The lowest BCUT2D eigenvalue weighted by Gasteiger charge is -2.36. The molecule has 1 aromatic carbocycles. The molecule has 0 saturated carbocycles. The van der Waals surface area contributed by atoms with Crippen molar-refractivity contribution in [2.45, 2.75) is 25.1 Å². The Kier molecular flexibility index (Phi) is 7.57. The van der Waals surface area contributed by atoms with Gasteiger partial charge < -0.3 is 10.1 Å². The molecule has 1 aromatic rings. The van der Waals surface area contributed by atoms with E-state index in [4.69, 9.17) is 4.74 Å². The molecule has 0 aromatic heterocycles. The number of ether oxygens (including phenoxy) is 1. The van der Waals surface area contributed by atoms with Gasteiger partial charge in [-0.3, -0.25) is 4.90 Å². The molecule has 1 saturated heterocycles. The lowest BCUT2D eigenvalue weighted by atomic mass is 9.98. The van der Waals surface area contributed by atoms with E-state index in [0.29, 0.717) is 37.5 Å². The van der Waals surface area contributed by atoms with Gasteiger partial charge in [-0.1, -0.05) is 0 Å². The van der Waals surface area contributed by atoms with Crippen molar-refractivity contribution >= 4 is 12.4 Å². The molecule has 1 fully saturated rings. The Labute approximate surface area is 139 Å². The molecule has 3 nitrogen and oxygen atoms in total. The van der Waals surface area contributed by atoms with Crippen LogP contribution in [0.25, 0.3) is 0 Å². The quantitative estimate of drug-likeness (QED) is 0.817. The summed E-state index contributed by atoms with van der Waals surface area (Å²) in [5.74, 6) is -0.0462. The van der Waals surface area contributed by atoms with E-state index in [9.17, 15) is 17.6 Å². The molecule has 0 radical (unpaired) electrons. The highest BCUT2D eigenvalue weighted by molar-refractivity contribution is 5.85. The van der Waals surface area contributed by atoms with Crippen LogP contribution in [0.5, 0.6) is 5.75 Å². The molecule has 2 rings (SSSR count). The Hall–Kier alpha value is -1.05. The van der Waals surface area contributed by atoms with Gasteiger partial charge in [0.15, 0.2) is 0 Å². The van der Waals surface area contributed by atoms with Gasteiger partial charge in [0.2, 0.25) is 0 Å². The SMILES string of the molecule is COc1ccc(F)cc1[C@@H](CCC(F)(F)F)N1CCNCC1.Cl. The average molecular weight is 357 g/mol. The van der Waals surface area contributed by atoms with Crippen LogP contribution in [0.2, 0.25) is 0 Å². The summed E-state index contributed by atoms with van der Waals surface area (Å²) in [6, 6.07) is 3.49. The van der Waals surface area contributed by atoms with Gasteiger partial charge in [0, 0.05) is 44.2 Å². The number of alkyl halides is 3. The maximum Gasteiger partial charge on any atom is 0.389 e. The predicted octanol–water partition coefficient (Wildman–Crippen LogP) is 3.54. The van der Waals surface area contributed by atoms with Crippen LogP contribution in [0.1, 0.15) is 24.4 Å². The molecule has 0 bridgehead atoms. The summed E-state index contributed by atoms with van der Waals surface area (Å²) < 4.78 is 56.7. The number of halogens is 5. The van der Waals surface area contributed by atoms with Gasteiger partial charge in [0.1, 0.15) is 11.6 Å². The van der Waals surface area contributed by atoms with Crippen molar-refractivity contribution in [2.24, 2.45) is 0 Å². The molecule has 132 valence electrons. The summed E-state index contributed by atoms with van der Waals surface area (Å²) in [6.45, 7) is 2.67. The summed E-state index contributed by atoms with van der Waals surface area (Å²) in [6.07, 6.45) is -5.24. The van der Waals surface area contributed by atoms with Crippen molar-refractivity contribution in [3.8, 4) is 5.75 Å². The fraction of sp³-hybridized carbons (Fsp3) is 0.600. The second kappa shape index (κ2) is 8.70. The zero-order valence-corrected chi connectivity index (χ0v) is 13.6. The minimum Gasteiger partial charge on any atom is -0.496 e. The lowest BCUT2D eigenvalue weighted by molar-refractivity contribution is -0.138. The van der Waals surface area contributed by atoms with Crippen LogP contribution < -0.4 is 10.1 Å². The second-order valence-electron chi connectivity index (χ2n) is 5.34. The van der Waals surface area contributed by atoms with Crippen LogP contribution in [0.4, 0.5) is 17.6 Å². The number of hydrogen-bond donors (Lipinski definition) is 1. The number of nitrogens with one attached hydrogen (secondary N) is 1. The molecule has 1 aliphatic rings. The molecule has 23 heavy (non-hydrogen) atoms. The maximum atomic E-state index is 13.6. The molecule has 1 heterocycles. The number of nitrogens with zero attached hydrogens (tertiary/aromatic N) is 1. The first-order valence-corrected chi connectivity index (χ1v) is 7.25. The Morgan fingerprint density at radius 3 is 2.48 bits per heavy atom.